The van der Waals surface area contributed by atoms with Crippen LogP contribution in [0.15, 0.2) is 0 Å². The minimum absolute atomic E-state index is 0. The molecule has 0 spiro atoms. The van der Waals surface area contributed by atoms with Gasteiger partial charge in [0.05, 0.1) is 0 Å². The summed E-state index contributed by atoms with van der Waals surface area (Å²) in [4.78, 5) is 44.6. The van der Waals surface area contributed by atoms with Gasteiger partial charge in [0.25, 0.3) is 5.97 Å². The number of carboxylic acid groups (broad SMARTS) is 5. The van der Waals surface area contributed by atoms with Crippen LogP contribution in [0.3, 0.4) is 0 Å². The topological polar surface area (TPSA) is 261 Å². The molecule has 0 unspecified atom stereocenters. The van der Waals surface area contributed by atoms with Gasteiger partial charge < -0.3 is 53.8 Å². The molecule has 0 radical (unpaired) electrons. The van der Waals surface area contributed by atoms with Crippen LogP contribution < -0.4 is 220 Å². The van der Waals surface area contributed by atoms with E-state index in [-0.39, 0.29) is 199 Å². The molecule has 0 aromatic rings. The van der Waals surface area contributed by atoms with Crippen LogP contribution in [-0.2, 0) is 35.3 Å². The SMILES string of the molecule is CC(=O)O.CC(=O)[O-].CC(=O)[O-].CC(=O)[O-].CC(=O)[O-].O=S([O-])[O-].[K+].[Na+].[Na+].[Na+].[Na+].[Na+]. The number of carboxylic acids is 5. The van der Waals surface area contributed by atoms with Gasteiger partial charge in [-0.2, -0.15) is 0 Å². The summed E-state index contributed by atoms with van der Waals surface area (Å²) < 4.78 is 25.3. The first-order valence-corrected chi connectivity index (χ1v) is 6.06. The largest absolute Gasteiger partial charge is 1.00 e. The van der Waals surface area contributed by atoms with E-state index in [0.29, 0.717) is 0 Å². The van der Waals surface area contributed by atoms with Crippen molar-refractivity contribution in [2.45, 2.75) is 34.6 Å². The quantitative estimate of drug-likeness (QED) is 0.225. The summed E-state index contributed by atoms with van der Waals surface area (Å²) >= 11 is -3.11. The molecular formula is C10H16KNa5O13S. The first-order chi connectivity index (χ1) is 10.4. The zero-order chi connectivity index (χ0) is 21.5. The van der Waals surface area contributed by atoms with Gasteiger partial charge in [-0.1, -0.05) is 0 Å². The number of rotatable bonds is 0. The van der Waals surface area contributed by atoms with Crippen molar-refractivity contribution in [3.05, 3.63) is 0 Å². The molecule has 1 N–H and O–H groups in total. The molecular weight excluding hydrogens is 514 g/mol. The van der Waals surface area contributed by atoms with E-state index >= 15 is 0 Å². The Bertz CT molecular complexity index is 285. The third kappa shape index (κ3) is 1880. The summed E-state index contributed by atoms with van der Waals surface area (Å²) in [5.41, 5.74) is 0. The van der Waals surface area contributed by atoms with Crippen LogP contribution in [0.1, 0.15) is 34.6 Å². The van der Waals surface area contributed by atoms with Crippen molar-refractivity contribution < 1.29 is 262 Å². The second-order valence-corrected chi connectivity index (χ2v) is 3.10. The molecule has 0 amide bonds. The maximum atomic E-state index is 9.00. The predicted octanol–water partition coefficient (Wildman–Crippen LogP) is -23.9. The van der Waals surface area contributed by atoms with Crippen molar-refractivity contribution in [2.75, 3.05) is 0 Å². The van der Waals surface area contributed by atoms with Gasteiger partial charge in [-0.05, 0) is 27.7 Å². The number of hydrogen-bond donors (Lipinski definition) is 1. The molecule has 0 aromatic heterocycles. The van der Waals surface area contributed by atoms with Crippen molar-refractivity contribution in [1.82, 2.24) is 0 Å². The number of carbonyl (C=O) groups excluding carboxylic acids is 4. The van der Waals surface area contributed by atoms with E-state index < -0.39 is 41.2 Å². The van der Waals surface area contributed by atoms with Crippen LogP contribution in [0.5, 0.6) is 0 Å². The average molecular weight is 530 g/mol. The van der Waals surface area contributed by atoms with E-state index in [1.165, 1.54) is 0 Å². The molecule has 13 nitrogen and oxygen atoms in total. The van der Waals surface area contributed by atoms with E-state index in [1.807, 2.05) is 0 Å². The monoisotopic (exact) mass is 530 g/mol. The van der Waals surface area contributed by atoms with E-state index in [4.69, 9.17) is 62.8 Å². The Morgan fingerprint density at radius 1 is 0.567 bits per heavy atom. The van der Waals surface area contributed by atoms with Gasteiger partial charge in [0, 0.05) is 30.8 Å². The molecule has 0 saturated heterocycles. The zero-order valence-corrected chi connectivity index (χ0v) is 33.2. The van der Waals surface area contributed by atoms with E-state index in [2.05, 4.69) is 0 Å². The molecule has 0 aliphatic rings. The fourth-order valence-corrected chi connectivity index (χ4v) is 0. The second kappa shape index (κ2) is 69.8. The molecule has 20 heteroatoms. The van der Waals surface area contributed by atoms with E-state index in [1.54, 1.807) is 0 Å². The van der Waals surface area contributed by atoms with E-state index in [9.17, 15) is 0 Å². The summed E-state index contributed by atoms with van der Waals surface area (Å²) in [6, 6.07) is 0. The summed E-state index contributed by atoms with van der Waals surface area (Å²) in [5.74, 6) is -5.17. The van der Waals surface area contributed by atoms with Gasteiger partial charge in [-0.15, -0.1) is 11.4 Å². The van der Waals surface area contributed by atoms with Gasteiger partial charge in [0.2, 0.25) is 0 Å². The third-order valence-corrected chi connectivity index (χ3v) is 0. The molecule has 30 heavy (non-hydrogen) atoms. The van der Waals surface area contributed by atoms with Crippen LogP contribution in [0.2, 0.25) is 0 Å². The molecule has 0 saturated carbocycles. The molecule has 0 aliphatic carbocycles. The van der Waals surface area contributed by atoms with Crippen molar-refractivity contribution >= 4 is 41.2 Å². The number of aliphatic carboxylic acids is 5. The van der Waals surface area contributed by atoms with Crippen molar-refractivity contribution in [1.29, 1.82) is 0 Å². The Hall–Kier alpha value is 4.06. The van der Waals surface area contributed by atoms with Gasteiger partial charge >= 0.3 is 199 Å². The Morgan fingerprint density at radius 3 is 0.567 bits per heavy atom. The van der Waals surface area contributed by atoms with Crippen LogP contribution in [0.25, 0.3) is 0 Å². The van der Waals surface area contributed by atoms with Gasteiger partial charge in [-0.25, -0.2) is 0 Å². The van der Waals surface area contributed by atoms with Crippen LogP contribution >= 0.6 is 0 Å². The maximum Gasteiger partial charge on any atom is 1.00 e. The molecule has 0 aliphatic heterocycles. The summed E-state index contributed by atoms with van der Waals surface area (Å²) in [6.45, 7) is 4.97. The summed E-state index contributed by atoms with van der Waals surface area (Å²) in [5, 5.41) is 43.0. The minimum atomic E-state index is -3.11. The number of carbonyl (C=O) groups is 5. The Balaban J connectivity index is -0.0000000125. The molecule has 0 rings (SSSR count). The standard InChI is InChI=1S/5C2H4O2.K.5Na.H2O3S/c5*1-2(3)4;;;;;;;1-4(2)3/h5*1H3,(H,3,4);;;;;;;(H2,1,2,3)/q;;;;;6*+1;/p-6. The molecule has 0 heterocycles. The molecule has 0 aromatic carbocycles. The molecule has 146 valence electrons. The average Bonchev–Trinajstić information content (AvgIpc) is 2.08. The van der Waals surface area contributed by atoms with Crippen LogP contribution in [-0.4, -0.2) is 48.3 Å². The predicted molar refractivity (Wildman–Crippen MR) is 65.7 cm³/mol. The van der Waals surface area contributed by atoms with E-state index in [0.717, 1.165) is 34.6 Å². The molecule has 0 fully saturated rings. The molecule has 0 atom stereocenters. The van der Waals surface area contributed by atoms with Crippen LogP contribution in [0, 0.1) is 0 Å². The minimum Gasteiger partial charge on any atom is -0.784 e. The van der Waals surface area contributed by atoms with Crippen molar-refractivity contribution in [2.24, 2.45) is 0 Å². The first-order valence-electron chi connectivity index (χ1n) is 5.06. The van der Waals surface area contributed by atoms with Crippen molar-refractivity contribution in [3.63, 3.8) is 0 Å². The Morgan fingerprint density at radius 2 is 0.567 bits per heavy atom. The van der Waals surface area contributed by atoms with Crippen molar-refractivity contribution in [3.8, 4) is 0 Å². The summed E-state index contributed by atoms with van der Waals surface area (Å²) in [6.07, 6.45) is 0. The zero-order valence-electron chi connectivity index (χ0n) is 19.3. The first kappa shape index (κ1) is 76.5. The fourth-order valence-electron chi connectivity index (χ4n) is 0. The maximum absolute atomic E-state index is 9.00. The van der Waals surface area contributed by atoms with Gasteiger partial charge in [0.15, 0.2) is 0 Å². The Labute approximate surface area is 330 Å². The van der Waals surface area contributed by atoms with Gasteiger partial charge in [0.1, 0.15) is 0 Å². The second-order valence-electron chi connectivity index (χ2n) is 2.69. The normalized spacial score (nSPS) is 5.33. The summed E-state index contributed by atoms with van der Waals surface area (Å²) in [7, 11) is 0. The van der Waals surface area contributed by atoms with Crippen LogP contribution in [0.4, 0.5) is 0 Å². The molecule has 0 bridgehead atoms. The third-order valence-electron chi connectivity index (χ3n) is 0. The smallest absolute Gasteiger partial charge is 0.784 e. The van der Waals surface area contributed by atoms with Gasteiger partial charge in [-0.3, -0.25) is 9.00 Å². The fraction of sp³-hybridized carbons (Fsp3) is 0.500. The Kier molecular flexibility index (Phi) is 178. The number of hydrogen-bond acceptors (Lipinski definition) is 12.